The minimum absolute atomic E-state index is 0.247. The Balaban J connectivity index is 1.79. The van der Waals surface area contributed by atoms with E-state index >= 15 is 0 Å². The van der Waals surface area contributed by atoms with Crippen molar-refractivity contribution < 1.29 is 27.4 Å². The van der Waals surface area contributed by atoms with E-state index in [-0.39, 0.29) is 17.6 Å². The normalized spacial score (nSPS) is 15.6. The fraction of sp³-hybridized carbons (Fsp3) is 0.435. The van der Waals surface area contributed by atoms with Crippen molar-refractivity contribution in [2.45, 2.75) is 18.3 Å². The quantitative estimate of drug-likeness (QED) is 0.615. The molecule has 0 unspecified atom stereocenters. The van der Waals surface area contributed by atoms with Gasteiger partial charge in [-0.3, -0.25) is 9.10 Å². The van der Waals surface area contributed by atoms with Crippen LogP contribution in [0.3, 0.4) is 0 Å². The third kappa shape index (κ3) is 5.52. The Kier molecular flexibility index (Phi) is 7.63. The lowest BCUT2D eigenvalue weighted by atomic mass is 9.74. The molecule has 0 aliphatic carbocycles. The molecule has 1 amide bonds. The topological polar surface area (TPSA) is 94.2 Å². The molecule has 1 aliphatic rings. The summed E-state index contributed by atoms with van der Waals surface area (Å²) in [5.41, 5.74) is 1.17. The van der Waals surface area contributed by atoms with E-state index in [1.807, 2.05) is 18.2 Å². The molecule has 0 radical (unpaired) electrons. The molecule has 2 aromatic carbocycles. The zero-order valence-electron chi connectivity index (χ0n) is 18.7. The molecule has 0 aromatic heterocycles. The highest BCUT2D eigenvalue weighted by Crippen LogP contribution is 2.35. The van der Waals surface area contributed by atoms with Crippen LogP contribution < -0.4 is 19.1 Å². The molecular weight excluding hydrogens is 432 g/mol. The molecule has 1 saturated heterocycles. The average molecular weight is 463 g/mol. The molecule has 1 aliphatic heterocycles. The molecule has 1 fully saturated rings. The van der Waals surface area contributed by atoms with Gasteiger partial charge < -0.3 is 19.5 Å². The third-order valence-electron chi connectivity index (χ3n) is 5.80. The fourth-order valence-electron chi connectivity index (χ4n) is 3.95. The van der Waals surface area contributed by atoms with Gasteiger partial charge in [-0.05, 0) is 30.5 Å². The maximum absolute atomic E-state index is 12.9. The molecule has 8 nitrogen and oxygen atoms in total. The van der Waals surface area contributed by atoms with Gasteiger partial charge in [0.25, 0.3) is 0 Å². The van der Waals surface area contributed by atoms with Crippen LogP contribution >= 0.6 is 0 Å². The highest BCUT2D eigenvalue weighted by Gasteiger charge is 2.35. The molecule has 0 spiro atoms. The molecule has 3 rings (SSSR count). The van der Waals surface area contributed by atoms with E-state index in [1.165, 1.54) is 14.2 Å². The minimum Gasteiger partial charge on any atom is -0.497 e. The highest BCUT2D eigenvalue weighted by molar-refractivity contribution is 7.92. The van der Waals surface area contributed by atoms with Crippen LogP contribution in [-0.4, -0.2) is 61.1 Å². The van der Waals surface area contributed by atoms with Crippen molar-refractivity contribution in [3.63, 3.8) is 0 Å². The summed E-state index contributed by atoms with van der Waals surface area (Å²) in [6, 6.07) is 14.8. The second kappa shape index (κ2) is 10.2. The van der Waals surface area contributed by atoms with E-state index in [1.54, 1.807) is 18.2 Å². The number of sulfonamides is 1. The smallest absolute Gasteiger partial charge is 0.240 e. The summed E-state index contributed by atoms with van der Waals surface area (Å²) in [6.07, 6.45) is 2.62. The first-order valence-electron chi connectivity index (χ1n) is 10.4. The number of carbonyl (C=O) groups excluding carboxylic acids is 1. The Morgan fingerprint density at radius 3 is 2.38 bits per heavy atom. The number of nitrogens with zero attached hydrogens (tertiary/aromatic N) is 1. The van der Waals surface area contributed by atoms with Crippen LogP contribution in [0, 0.1) is 0 Å². The number of ether oxygens (including phenoxy) is 3. The van der Waals surface area contributed by atoms with E-state index in [0.29, 0.717) is 31.3 Å². The van der Waals surface area contributed by atoms with Gasteiger partial charge in [0.15, 0.2) is 0 Å². The standard InChI is InChI=1S/C23H30N2O6S/c1-29-19-9-10-20(21(15-19)30-2)25(32(3,27)28)16-22(26)24-17-23(11-13-31-14-12-23)18-7-5-4-6-8-18/h4-10,15H,11-14,16-17H2,1-3H3,(H,24,26). The van der Waals surface area contributed by atoms with Crippen molar-refractivity contribution in [2.75, 3.05) is 51.1 Å². The van der Waals surface area contributed by atoms with Crippen LogP contribution in [0.1, 0.15) is 18.4 Å². The second-order valence-electron chi connectivity index (χ2n) is 7.84. The summed E-state index contributed by atoms with van der Waals surface area (Å²) in [5.74, 6) is 0.427. The van der Waals surface area contributed by atoms with Crippen molar-refractivity contribution in [2.24, 2.45) is 0 Å². The number of methoxy groups -OCH3 is 2. The molecule has 0 bridgehead atoms. The summed E-state index contributed by atoms with van der Waals surface area (Å²) in [6.45, 7) is 1.27. The van der Waals surface area contributed by atoms with Gasteiger partial charge >= 0.3 is 0 Å². The molecular formula is C23H30N2O6S. The van der Waals surface area contributed by atoms with E-state index < -0.39 is 15.9 Å². The molecule has 2 aromatic rings. The van der Waals surface area contributed by atoms with Crippen LogP contribution in [0.25, 0.3) is 0 Å². The number of hydrogen-bond acceptors (Lipinski definition) is 6. The summed E-state index contributed by atoms with van der Waals surface area (Å²) in [7, 11) is -0.797. The first-order chi connectivity index (χ1) is 15.3. The van der Waals surface area contributed by atoms with Crippen molar-refractivity contribution >= 4 is 21.6 Å². The number of anilines is 1. The summed E-state index contributed by atoms with van der Waals surface area (Å²) in [5, 5.41) is 2.96. The van der Waals surface area contributed by atoms with Crippen molar-refractivity contribution in [3.05, 3.63) is 54.1 Å². The highest BCUT2D eigenvalue weighted by atomic mass is 32.2. The van der Waals surface area contributed by atoms with E-state index in [0.717, 1.165) is 29.0 Å². The Morgan fingerprint density at radius 1 is 1.09 bits per heavy atom. The van der Waals surface area contributed by atoms with Gasteiger partial charge in [0, 0.05) is 31.2 Å². The van der Waals surface area contributed by atoms with Gasteiger partial charge in [0.2, 0.25) is 15.9 Å². The molecule has 0 saturated carbocycles. The predicted molar refractivity (Wildman–Crippen MR) is 123 cm³/mol. The molecule has 1 heterocycles. The summed E-state index contributed by atoms with van der Waals surface area (Å²) in [4.78, 5) is 12.9. The van der Waals surface area contributed by atoms with Crippen molar-refractivity contribution in [3.8, 4) is 11.5 Å². The second-order valence-corrected chi connectivity index (χ2v) is 9.75. The largest absolute Gasteiger partial charge is 0.497 e. The molecule has 32 heavy (non-hydrogen) atoms. The average Bonchev–Trinajstić information content (AvgIpc) is 2.81. The number of carbonyl (C=O) groups is 1. The number of rotatable bonds is 9. The first-order valence-corrected chi connectivity index (χ1v) is 12.2. The Labute approximate surface area is 189 Å². The fourth-order valence-corrected chi connectivity index (χ4v) is 4.81. The van der Waals surface area contributed by atoms with Gasteiger partial charge in [-0.1, -0.05) is 30.3 Å². The Bertz CT molecular complexity index is 1020. The van der Waals surface area contributed by atoms with Crippen LogP contribution in [0.15, 0.2) is 48.5 Å². The summed E-state index contributed by atoms with van der Waals surface area (Å²) < 4.78 is 42.2. The van der Waals surface area contributed by atoms with Gasteiger partial charge in [0.05, 0.1) is 26.2 Å². The number of nitrogens with one attached hydrogen (secondary N) is 1. The van der Waals surface area contributed by atoms with Gasteiger partial charge in [-0.15, -0.1) is 0 Å². The lowest BCUT2D eigenvalue weighted by molar-refractivity contribution is -0.120. The maximum Gasteiger partial charge on any atom is 0.240 e. The van der Waals surface area contributed by atoms with E-state index in [2.05, 4.69) is 17.4 Å². The Hall–Kier alpha value is -2.78. The van der Waals surface area contributed by atoms with Crippen molar-refractivity contribution in [1.82, 2.24) is 5.32 Å². The molecule has 1 N–H and O–H groups in total. The third-order valence-corrected chi connectivity index (χ3v) is 6.93. The first kappa shape index (κ1) is 23.9. The maximum atomic E-state index is 12.9. The van der Waals surface area contributed by atoms with E-state index in [4.69, 9.17) is 14.2 Å². The van der Waals surface area contributed by atoms with Crippen molar-refractivity contribution in [1.29, 1.82) is 0 Å². The molecule has 9 heteroatoms. The lowest BCUT2D eigenvalue weighted by Crippen LogP contribution is -2.47. The minimum atomic E-state index is -3.74. The number of hydrogen-bond donors (Lipinski definition) is 1. The number of amides is 1. The van der Waals surface area contributed by atoms with Gasteiger partial charge in [-0.25, -0.2) is 8.42 Å². The lowest BCUT2D eigenvalue weighted by Gasteiger charge is -2.38. The zero-order chi connectivity index (χ0) is 23.2. The molecule has 0 atom stereocenters. The van der Waals surface area contributed by atoms with Crippen LogP contribution in [-0.2, 0) is 25.0 Å². The van der Waals surface area contributed by atoms with E-state index in [9.17, 15) is 13.2 Å². The predicted octanol–water partition coefficient (Wildman–Crippen LogP) is 2.33. The summed E-state index contributed by atoms with van der Waals surface area (Å²) >= 11 is 0. The molecule has 174 valence electrons. The van der Waals surface area contributed by atoms with Crippen LogP contribution in [0.5, 0.6) is 11.5 Å². The van der Waals surface area contributed by atoms with Crippen LogP contribution in [0.2, 0.25) is 0 Å². The van der Waals surface area contributed by atoms with Crippen LogP contribution in [0.4, 0.5) is 5.69 Å². The van der Waals surface area contributed by atoms with Gasteiger partial charge in [-0.2, -0.15) is 0 Å². The SMILES string of the molecule is COc1ccc(N(CC(=O)NCC2(c3ccccc3)CCOCC2)S(C)(=O)=O)c(OC)c1. The Morgan fingerprint density at radius 2 is 1.78 bits per heavy atom. The monoisotopic (exact) mass is 462 g/mol. The zero-order valence-corrected chi connectivity index (χ0v) is 19.5. The van der Waals surface area contributed by atoms with Gasteiger partial charge in [0.1, 0.15) is 18.0 Å². The number of benzene rings is 2.